The average Bonchev–Trinajstić information content (AvgIpc) is 2.90. The van der Waals surface area contributed by atoms with Crippen LogP contribution in [-0.2, 0) is 6.54 Å². The molecule has 1 aliphatic rings. The van der Waals surface area contributed by atoms with Gasteiger partial charge in [0.15, 0.2) is 0 Å². The third-order valence-corrected chi connectivity index (χ3v) is 5.42. The van der Waals surface area contributed by atoms with Gasteiger partial charge in [-0.2, -0.15) is 11.8 Å². The molecule has 0 saturated heterocycles. The van der Waals surface area contributed by atoms with Crippen LogP contribution >= 0.6 is 11.8 Å². The van der Waals surface area contributed by atoms with Crippen molar-refractivity contribution >= 4 is 11.8 Å². The van der Waals surface area contributed by atoms with Crippen LogP contribution in [0.4, 0.5) is 0 Å². The highest BCUT2D eigenvalue weighted by Crippen LogP contribution is 2.39. The maximum Gasteiger partial charge on any atom is 0.123 e. The van der Waals surface area contributed by atoms with Gasteiger partial charge in [0.2, 0.25) is 0 Å². The summed E-state index contributed by atoms with van der Waals surface area (Å²) in [6.07, 6.45) is 7.50. The molecule has 1 saturated carbocycles. The fourth-order valence-electron chi connectivity index (χ4n) is 2.72. The van der Waals surface area contributed by atoms with E-state index in [1.165, 1.54) is 25.7 Å². The van der Waals surface area contributed by atoms with Crippen LogP contribution in [0, 0.1) is 0 Å². The Morgan fingerprint density at radius 3 is 2.68 bits per heavy atom. The quantitative estimate of drug-likeness (QED) is 0.840. The summed E-state index contributed by atoms with van der Waals surface area (Å²) < 4.78 is 5.49. The van der Waals surface area contributed by atoms with E-state index in [1.54, 1.807) is 13.2 Å². The normalized spacial score (nSPS) is 17.6. The Hall–Kier alpha value is -0.870. The lowest BCUT2D eigenvalue weighted by Gasteiger charge is -2.27. The van der Waals surface area contributed by atoms with E-state index in [4.69, 9.17) is 4.74 Å². The molecule has 2 N–H and O–H groups in total. The fraction of sp³-hybridized carbons (Fsp3) is 0.600. The molecule has 1 aromatic carbocycles. The first kappa shape index (κ1) is 14.5. The van der Waals surface area contributed by atoms with Gasteiger partial charge in [0, 0.05) is 29.5 Å². The standard InChI is InChI=1S/C15H23NO2S/c1-18-13-6-5-12(14(17)9-13)10-16-11-15(19-2)7-3-4-8-15/h5-6,9,16-17H,3-4,7-8,10-11H2,1-2H3. The second-order valence-electron chi connectivity index (χ2n) is 5.19. The lowest BCUT2D eigenvalue weighted by molar-refractivity contribution is 0.405. The number of hydrogen-bond donors (Lipinski definition) is 2. The Morgan fingerprint density at radius 1 is 1.37 bits per heavy atom. The molecule has 19 heavy (non-hydrogen) atoms. The summed E-state index contributed by atoms with van der Waals surface area (Å²) in [5.41, 5.74) is 0.926. The van der Waals surface area contributed by atoms with Crippen LogP contribution in [-0.4, -0.2) is 29.8 Å². The van der Waals surface area contributed by atoms with Gasteiger partial charge in [-0.05, 0) is 25.2 Å². The summed E-state index contributed by atoms with van der Waals surface area (Å²) in [5, 5.41) is 13.4. The molecule has 0 amide bonds. The third kappa shape index (κ3) is 3.57. The summed E-state index contributed by atoms with van der Waals surface area (Å²) in [5.74, 6) is 0.995. The fourth-order valence-corrected chi connectivity index (χ4v) is 3.66. The van der Waals surface area contributed by atoms with Gasteiger partial charge in [0.25, 0.3) is 0 Å². The number of aromatic hydroxyl groups is 1. The zero-order valence-electron chi connectivity index (χ0n) is 11.7. The van der Waals surface area contributed by atoms with E-state index in [1.807, 2.05) is 23.9 Å². The summed E-state index contributed by atoms with van der Waals surface area (Å²) in [6, 6.07) is 5.47. The first-order valence-corrected chi connectivity index (χ1v) is 8.03. The van der Waals surface area contributed by atoms with E-state index in [9.17, 15) is 5.11 Å². The summed E-state index contributed by atoms with van der Waals surface area (Å²) >= 11 is 1.98. The van der Waals surface area contributed by atoms with Crippen molar-refractivity contribution in [2.45, 2.75) is 37.0 Å². The minimum Gasteiger partial charge on any atom is -0.507 e. The Morgan fingerprint density at radius 2 is 2.11 bits per heavy atom. The van der Waals surface area contributed by atoms with Crippen LogP contribution in [0.2, 0.25) is 0 Å². The van der Waals surface area contributed by atoms with Gasteiger partial charge >= 0.3 is 0 Å². The van der Waals surface area contributed by atoms with Crippen LogP contribution < -0.4 is 10.1 Å². The number of benzene rings is 1. The van der Waals surface area contributed by atoms with Crippen LogP contribution in [0.5, 0.6) is 11.5 Å². The number of thioether (sulfide) groups is 1. The smallest absolute Gasteiger partial charge is 0.123 e. The maximum atomic E-state index is 9.91. The molecule has 1 fully saturated rings. The predicted octanol–water partition coefficient (Wildman–Crippen LogP) is 3.17. The molecule has 4 heteroatoms. The second-order valence-corrected chi connectivity index (χ2v) is 6.47. The van der Waals surface area contributed by atoms with E-state index >= 15 is 0 Å². The number of methoxy groups -OCH3 is 1. The molecular weight excluding hydrogens is 258 g/mol. The third-order valence-electron chi connectivity index (χ3n) is 4.00. The Kier molecular flexibility index (Phi) is 4.99. The van der Waals surface area contributed by atoms with E-state index < -0.39 is 0 Å². The number of phenolic OH excluding ortho intramolecular Hbond substituents is 1. The zero-order chi connectivity index (χ0) is 13.7. The lowest BCUT2D eigenvalue weighted by Crippen LogP contribution is -2.34. The van der Waals surface area contributed by atoms with Gasteiger partial charge < -0.3 is 15.2 Å². The van der Waals surface area contributed by atoms with Gasteiger partial charge in [-0.25, -0.2) is 0 Å². The molecule has 0 atom stereocenters. The number of hydrogen-bond acceptors (Lipinski definition) is 4. The highest BCUT2D eigenvalue weighted by Gasteiger charge is 2.32. The highest BCUT2D eigenvalue weighted by molar-refractivity contribution is 8.00. The van der Waals surface area contributed by atoms with E-state index in [0.717, 1.165) is 12.1 Å². The predicted molar refractivity (Wildman–Crippen MR) is 81.1 cm³/mol. The molecule has 0 unspecified atom stereocenters. The number of rotatable bonds is 6. The van der Waals surface area contributed by atoms with Gasteiger partial charge in [-0.1, -0.05) is 18.9 Å². The Labute approximate surface area is 119 Å². The molecule has 0 radical (unpaired) electrons. The van der Waals surface area contributed by atoms with E-state index in [2.05, 4.69) is 11.6 Å². The lowest BCUT2D eigenvalue weighted by atomic mass is 10.1. The molecule has 0 bridgehead atoms. The molecule has 0 aromatic heterocycles. The maximum absolute atomic E-state index is 9.91. The summed E-state index contributed by atoms with van der Waals surface area (Å²) in [7, 11) is 1.61. The number of ether oxygens (including phenoxy) is 1. The van der Waals surface area contributed by atoms with Crippen molar-refractivity contribution in [3.05, 3.63) is 23.8 Å². The molecule has 106 valence electrons. The molecule has 0 aliphatic heterocycles. The number of phenols is 1. The van der Waals surface area contributed by atoms with Crippen molar-refractivity contribution in [2.24, 2.45) is 0 Å². The number of nitrogens with one attached hydrogen (secondary N) is 1. The molecular formula is C15H23NO2S. The topological polar surface area (TPSA) is 41.5 Å². The van der Waals surface area contributed by atoms with Gasteiger partial charge in [-0.3, -0.25) is 0 Å². The van der Waals surface area contributed by atoms with Gasteiger partial charge in [0.05, 0.1) is 7.11 Å². The van der Waals surface area contributed by atoms with Crippen LogP contribution in [0.25, 0.3) is 0 Å². The van der Waals surface area contributed by atoms with Crippen molar-refractivity contribution in [3.8, 4) is 11.5 Å². The minimum atomic E-state index is 0.302. The monoisotopic (exact) mass is 281 g/mol. The highest BCUT2D eigenvalue weighted by atomic mass is 32.2. The average molecular weight is 281 g/mol. The van der Waals surface area contributed by atoms with Crippen molar-refractivity contribution in [1.29, 1.82) is 0 Å². The largest absolute Gasteiger partial charge is 0.507 e. The van der Waals surface area contributed by atoms with Crippen LogP contribution in [0.1, 0.15) is 31.2 Å². The molecule has 0 heterocycles. The molecule has 1 aromatic rings. The Balaban J connectivity index is 1.88. The van der Waals surface area contributed by atoms with E-state index in [-0.39, 0.29) is 0 Å². The first-order valence-electron chi connectivity index (χ1n) is 6.81. The molecule has 0 spiro atoms. The SMILES string of the molecule is COc1ccc(CNCC2(SC)CCCC2)c(O)c1. The second kappa shape index (κ2) is 6.53. The van der Waals surface area contributed by atoms with Crippen LogP contribution in [0.3, 0.4) is 0 Å². The first-order chi connectivity index (χ1) is 9.19. The summed E-state index contributed by atoms with van der Waals surface area (Å²) in [4.78, 5) is 0. The zero-order valence-corrected chi connectivity index (χ0v) is 12.6. The van der Waals surface area contributed by atoms with E-state index in [0.29, 0.717) is 22.8 Å². The minimum absolute atomic E-state index is 0.302. The van der Waals surface area contributed by atoms with Crippen molar-refractivity contribution in [2.75, 3.05) is 19.9 Å². The molecule has 1 aliphatic carbocycles. The van der Waals surface area contributed by atoms with Crippen molar-refractivity contribution in [1.82, 2.24) is 5.32 Å². The van der Waals surface area contributed by atoms with Crippen molar-refractivity contribution < 1.29 is 9.84 Å². The van der Waals surface area contributed by atoms with Crippen LogP contribution in [0.15, 0.2) is 18.2 Å². The Bertz CT molecular complexity index is 417. The van der Waals surface area contributed by atoms with Gasteiger partial charge in [0.1, 0.15) is 11.5 Å². The van der Waals surface area contributed by atoms with Crippen molar-refractivity contribution in [3.63, 3.8) is 0 Å². The molecule has 2 rings (SSSR count). The molecule has 3 nitrogen and oxygen atoms in total. The van der Waals surface area contributed by atoms with Gasteiger partial charge in [-0.15, -0.1) is 0 Å². The summed E-state index contributed by atoms with van der Waals surface area (Å²) in [6.45, 7) is 1.72.